The number of carbonyl (C=O) groups is 1. The highest BCUT2D eigenvalue weighted by Gasteiger charge is 2.38. The van der Waals surface area contributed by atoms with Crippen molar-refractivity contribution in [3.05, 3.63) is 0 Å². The molecule has 1 aliphatic carbocycles. The zero-order valence-electron chi connectivity index (χ0n) is 9.31. The van der Waals surface area contributed by atoms with Crippen LogP contribution in [0.25, 0.3) is 0 Å². The molecule has 15 heavy (non-hydrogen) atoms. The first-order valence-corrected chi connectivity index (χ1v) is 5.43. The quantitative estimate of drug-likeness (QED) is 0.721. The Balaban J connectivity index is 2.66. The molecule has 4 heteroatoms. The van der Waals surface area contributed by atoms with Crippen LogP contribution in [0, 0.1) is 17.2 Å². The maximum Gasteiger partial charge on any atom is 0.321 e. The van der Waals surface area contributed by atoms with Gasteiger partial charge in [0.2, 0.25) is 0 Å². The highest BCUT2D eigenvalue weighted by atomic mass is 16.4. The Kier molecular flexibility index (Phi) is 4.10. The van der Waals surface area contributed by atoms with E-state index in [1.165, 1.54) is 0 Å². The topological polar surface area (TPSA) is 64.3 Å². The molecule has 0 aromatic rings. The molecule has 1 fully saturated rings. The van der Waals surface area contributed by atoms with Crippen LogP contribution in [-0.4, -0.2) is 34.6 Å². The summed E-state index contributed by atoms with van der Waals surface area (Å²) in [6.07, 6.45) is 2.55. The van der Waals surface area contributed by atoms with E-state index in [-0.39, 0.29) is 5.92 Å². The molecule has 0 aromatic heterocycles. The van der Waals surface area contributed by atoms with Gasteiger partial charge in [-0.25, -0.2) is 0 Å². The standard InChI is InChI=1S/C11H18N2O2/c1-8(2)10(11(14)15)13(7-3-6-12)9-4-5-9/h8-10H,3-5,7H2,1-2H3,(H,14,15). The zero-order valence-corrected chi connectivity index (χ0v) is 9.31. The lowest BCUT2D eigenvalue weighted by molar-refractivity contribution is -0.145. The predicted molar refractivity (Wildman–Crippen MR) is 56.2 cm³/mol. The molecule has 0 saturated heterocycles. The first-order chi connectivity index (χ1) is 7.07. The third-order valence-corrected chi connectivity index (χ3v) is 2.74. The Labute approximate surface area is 90.5 Å². The van der Waals surface area contributed by atoms with Gasteiger partial charge in [-0.2, -0.15) is 5.26 Å². The lowest BCUT2D eigenvalue weighted by Gasteiger charge is -2.30. The molecule has 1 atom stereocenters. The van der Waals surface area contributed by atoms with Crippen LogP contribution in [0.15, 0.2) is 0 Å². The molecular weight excluding hydrogens is 192 g/mol. The number of aliphatic carboxylic acids is 1. The van der Waals surface area contributed by atoms with Crippen LogP contribution in [-0.2, 0) is 4.79 Å². The number of nitriles is 1. The summed E-state index contributed by atoms with van der Waals surface area (Å²) in [5.74, 6) is -0.684. The van der Waals surface area contributed by atoms with Crippen molar-refractivity contribution in [3.8, 4) is 6.07 Å². The number of hydrogen-bond donors (Lipinski definition) is 1. The van der Waals surface area contributed by atoms with Gasteiger partial charge in [0.1, 0.15) is 6.04 Å². The minimum Gasteiger partial charge on any atom is -0.480 e. The molecule has 1 unspecified atom stereocenters. The van der Waals surface area contributed by atoms with Gasteiger partial charge in [-0.3, -0.25) is 9.69 Å². The Morgan fingerprint density at radius 3 is 2.53 bits per heavy atom. The highest BCUT2D eigenvalue weighted by molar-refractivity contribution is 5.73. The minimum absolute atomic E-state index is 0.0850. The number of hydrogen-bond acceptors (Lipinski definition) is 3. The van der Waals surface area contributed by atoms with Crippen LogP contribution < -0.4 is 0 Å². The van der Waals surface area contributed by atoms with E-state index in [1.54, 1.807) is 0 Å². The van der Waals surface area contributed by atoms with Crippen molar-refractivity contribution < 1.29 is 9.90 Å². The second kappa shape index (κ2) is 5.13. The van der Waals surface area contributed by atoms with Gasteiger partial charge in [-0.05, 0) is 18.8 Å². The van der Waals surface area contributed by atoms with Gasteiger partial charge < -0.3 is 5.11 Å². The third-order valence-electron chi connectivity index (χ3n) is 2.74. The number of carboxylic acid groups (broad SMARTS) is 1. The summed E-state index contributed by atoms with van der Waals surface area (Å²) in [5.41, 5.74) is 0. The number of carboxylic acids is 1. The average Bonchev–Trinajstić information content (AvgIpc) is 2.93. The normalized spacial score (nSPS) is 17.8. The largest absolute Gasteiger partial charge is 0.480 e. The molecule has 1 saturated carbocycles. The summed E-state index contributed by atoms with van der Waals surface area (Å²) >= 11 is 0. The fourth-order valence-electron chi connectivity index (χ4n) is 1.94. The number of nitrogens with zero attached hydrogens (tertiary/aromatic N) is 2. The van der Waals surface area contributed by atoms with Crippen LogP contribution >= 0.6 is 0 Å². The monoisotopic (exact) mass is 210 g/mol. The number of rotatable bonds is 6. The molecule has 1 N–H and O–H groups in total. The summed E-state index contributed by atoms with van der Waals surface area (Å²) in [7, 11) is 0. The maximum absolute atomic E-state index is 11.2. The highest BCUT2D eigenvalue weighted by Crippen LogP contribution is 2.30. The van der Waals surface area contributed by atoms with Crippen molar-refractivity contribution in [1.29, 1.82) is 5.26 Å². The summed E-state index contributed by atoms with van der Waals surface area (Å²) in [4.78, 5) is 13.1. The van der Waals surface area contributed by atoms with Crippen molar-refractivity contribution in [3.63, 3.8) is 0 Å². The SMILES string of the molecule is CC(C)C(C(=O)O)N(CCC#N)C1CC1. The van der Waals surface area contributed by atoms with Crippen molar-refractivity contribution in [1.82, 2.24) is 4.90 Å². The lowest BCUT2D eigenvalue weighted by Crippen LogP contribution is -2.46. The fourth-order valence-corrected chi connectivity index (χ4v) is 1.94. The van der Waals surface area contributed by atoms with Crippen LogP contribution in [0.3, 0.4) is 0 Å². The molecule has 84 valence electrons. The van der Waals surface area contributed by atoms with Gasteiger partial charge in [-0.15, -0.1) is 0 Å². The molecule has 0 heterocycles. The molecule has 0 aromatic carbocycles. The van der Waals surface area contributed by atoms with E-state index in [9.17, 15) is 4.79 Å². The van der Waals surface area contributed by atoms with E-state index in [0.717, 1.165) is 12.8 Å². The third kappa shape index (κ3) is 3.21. The molecule has 0 amide bonds. The zero-order chi connectivity index (χ0) is 11.4. The maximum atomic E-state index is 11.2. The smallest absolute Gasteiger partial charge is 0.321 e. The average molecular weight is 210 g/mol. The van der Waals surface area contributed by atoms with Gasteiger partial charge in [0.15, 0.2) is 0 Å². The van der Waals surface area contributed by atoms with E-state index < -0.39 is 12.0 Å². The predicted octanol–water partition coefficient (Wildman–Crippen LogP) is 1.47. The molecule has 0 spiro atoms. The van der Waals surface area contributed by atoms with Crippen molar-refractivity contribution >= 4 is 5.97 Å². The molecule has 0 aliphatic heterocycles. The molecule has 1 rings (SSSR count). The summed E-state index contributed by atoms with van der Waals surface area (Å²) in [6.45, 7) is 4.41. The summed E-state index contributed by atoms with van der Waals surface area (Å²) < 4.78 is 0. The van der Waals surface area contributed by atoms with Crippen molar-refractivity contribution in [2.75, 3.05) is 6.54 Å². The van der Waals surface area contributed by atoms with Gasteiger partial charge in [0, 0.05) is 19.0 Å². The Morgan fingerprint density at radius 1 is 1.60 bits per heavy atom. The summed E-state index contributed by atoms with van der Waals surface area (Å²) in [5, 5.41) is 17.7. The minimum atomic E-state index is -0.769. The van der Waals surface area contributed by atoms with Crippen LogP contribution in [0.5, 0.6) is 0 Å². The van der Waals surface area contributed by atoms with Crippen LogP contribution in [0.1, 0.15) is 33.1 Å². The van der Waals surface area contributed by atoms with E-state index in [2.05, 4.69) is 6.07 Å². The van der Waals surface area contributed by atoms with Crippen LogP contribution in [0.4, 0.5) is 0 Å². The molecular formula is C11H18N2O2. The molecule has 0 bridgehead atoms. The molecule has 4 nitrogen and oxygen atoms in total. The second-order valence-electron chi connectivity index (χ2n) is 4.40. The Morgan fingerprint density at radius 2 is 2.20 bits per heavy atom. The molecule has 1 aliphatic rings. The van der Waals surface area contributed by atoms with Crippen molar-refractivity contribution in [2.45, 2.75) is 45.2 Å². The fraction of sp³-hybridized carbons (Fsp3) is 0.818. The van der Waals surface area contributed by atoms with E-state index in [4.69, 9.17) is 10.4 Å². The summed E-state index contributed by atoms with van der Waals surface area (Å²) in [6, 6.07) is 2.03. The van der Waals surface area contributed by atoms with Gasteiger partial charge in [0.25, 0.3) is 0 Å². The van der Waals surface area contributed by atoms with E-state index >= 15 is 0 Å². The Hall–Kier alpha value is -1.08. The van der Waals surface area contributed by atoms with E-state index in [0.29, 0.717) is 19.0 Å². The van der Waals surface area contributed by atoms with Crippen LogP contribution in [0.2, 0.25) is 0 Å². The lowest BCUT2D eigenvalue weighted by atomic mass is 10.0. The first-order valence-electron chi connectivity index (χ1n) is 5.43. The first kappa shape index (κ1) is 12.0. The van der Waals surface area contributed by atoms with Crippen molar-refractivity contribution in [2.24, 2.45) is 5.92 Å². The van der Waals surface area contributed by atoms with E-state index in [1.807, 2.05) is 18.7 Å². The van der Waals surface area contributed by atoms with Gasteiger partial charge in [-0.1, -0.05) is 13.8 Å². The Bertz CT molecular complexity index is 266. The van der Waals surface area contributed by atoms with Gasteiger partial charge in [0.05, 0.1) is 6.07 Å². The van der Waals surface area contributed by atoms with Gasteiger partial charge >= 0.3 is 5.97 Å². The second-order valence-corrected chi connectivity index (χ2v) is 4.40. The molecule has 0 radical (unpaired) electrons.